The van der Waals surface area contributed by atoms with E-state index in [1.54, 1.807) is 14.2 Å². The first-order valence-electron chi connectivity index (χ1n) is 17.9. The summed E-state index contributed by atoms with van der Waals surface area (Å²) in [6.07, 6.45) is 5.40. The van der Waals surface area contributed by atoms with Crippen LogP contribution >= 0.6 is 0 Å². The van der Waals surface area contributed by atoms with Crippen molar-refractivity contribution < 1.29 is 23.4 Å². The van der Waals surface area contributed by atoms with Gasteiger partial charge in [0, 0.05) is 33.2 Å². The number of rotatable bonds is 16. The lowest BCUT2D eigenvalue weighted by molar-refractivity contribution is -0.106. The normalized spacial score (nSPS) is 21.4. The van der Waals surface area contributed by atoms with Gasteiger partial charge in [-0.1, -0.05) is 134 Å². The van der Waals surface area contributed by atoms with Crippen LogP contribution in [0.25, 0.3) is 0 Å². The fourth-order valence-electron chi connectivity index (χ4n) is 7.08. The van der Waals surface area contributed by atoms with Gasteiger partial charge in [0.1, 0.15) is 0 Å². The smallest absolute Gasteiger partial charge is 0.261 e. The summed E-state index contributed by atoms with van der Waals surface area (Å²) in [4.78, 5) is 0. The molecule has 0 heterocycles. The van der Waals surface area contributed by atoms with E-state index in [-0.39, 0.29) is 34.3 Å². The Morgan fingerprint density at radius 2 is 1.42 bits per heavy atom. The molecule has 0 unspecified atom stereocenters. The number of methoxy groups -OCH3 is 2. The Hall–Kier alpha value is -1.85. The van der Waals surface area contributed by atoms with Gasteiger partial charge >= 0.3 is 0 Å². The molecule has 0 saturated heterocycles. The molecule has 48 heavy (non-hydrogen) atoms. The van der Waals surface area contributed by atoms with Gasteiger partial charge in [0.05, 0.1) is 11.7 Å². The Morgan fingerprint density at radius 3 is 1.85 bits per heavy atom. The van der Waals surface area contributed by atoms with Crippen molar-refractivity contribution in [1.29, 1.82) is 0 Å². The second-order valence-electron chi connectivity index (χ2n) is 16.6. The first kappa shape index (κ1) is 40.6. The fraction of sp³-hybridized carbons (Fsp3) is 0.610. The topological polar surface area (TPSA) is 57.2 Å². The first-order chi connectivity index (χ1) is 22.3. The molecular weight excluding hydrogens is 629 g/mol. The Labute approximate surface area is 295 Å². The lowest BCUT2D eigenvalue weighted by atomic mass is 9.79. The van der Waals surface area contributed by atoms with Crippen molar-refractivity contribution in [1.82, 2.24) is 0 Å². The van der Waals surface area contributed by atoms with Crippen LogP contribution in [0.15, 0.2) is 84.5 Å². The molecule has 0 aromatic heterocycles. The zero-order valence-electron chi connectivity index (χ0n) is 32.2. The molecule has 0 aliphatic heterocycles. The zero-order chi connectivity index (χ0) is 36.0. The van der Waals surface area contributed by atoms with E-state index in [1.165, 1.54) is 15.9 Å². The van der Waals surface area contributed by atoms with Crippen LogP contribution in [0, 0.1) is 11.8 Å². The summed E-state index contributed by atoms with van der Waals surface area (Å²) in [6, 6.07) is 21.7. The Bertz CT molecular complexity index is 1280. The van der Waals surface area contributed by atoms with Crippen LogP contribution in [0.4, 0.5) is 0 Å². The van der Waals surface area contributed by atoms with Crippen molar-refractivity contribution in [2.45, 2.75) is 129 Å². The number of ether oxygens (including phenoxy) is 2. The maximum absolute atomic E-state index is 12.5. The summed E-state index contributed by atoms with van der Waals surface area (Å²) in [5.41, 5.74) is 1.05. The van der Waals surface area contributed by atoms with Gasteiger partial charge < -0.3 is 23.4 Å². The van der Waals surface area contributed by atoms with Gasteiger partial charge in [-0.15, -0.1) is 0 Å². The fourth-order valence-corrected chi connectivity index (χ4v) is 13.0. The van der Waals surface area contributed by atoms with E-state index < -0.39 is 22.2 Å². The van der Waals surface area contributed by atoms with Crippen molar-refractivity contribution in [2.24, 2.45) is 11.8 Å². The standard InChI is InChI=1S/C41H66O5Si2/c1-31(2)33(27-29-45-48(40(7,8)9,34-20-16-14-17-21-34)35-22-18-15-19-23-35)30-36-37(46-47(12,13)39(4,5)6)26-28-41(36,42)32(3)24-25-38(43-10)44-11/h14-23,30-31,36-38,42H,3,24-29H2,1-2,4-13H3/b33-30-/t36-,37-,41-/m0/s1. The van der Waals surface area contributed by atoms with E-state index in [0.29, 0.717) is 25.9 Å². The lowest BCUT2D eigenvalue weighted by Crippen LogP contribution is -2.66. The minimum atomic E-state index is -2.67. The SMILES string of the molecule is C=C(CCC(OC)OC)[C@@]1(O)CC[C@H](O[Si](C)(C)C(C)(C)C)[C@@H]1/C=C(/CCO[Si](c1ccccc1)(c1ccccc1)C(C)(C)C)C(C)C. The van der Waals surface area contributed by atoms with Crippen molar-refractivity contribution >= 4 is 27.0 Å². The van der Waals surface area contributed by atoms with Crippen molar-refractivity contribution in [2.75, 3.05) is 20.8 Å². The number of benzene rings is 2. The molecule has 1 aliphatic rings. The molecule has 0 amide bonds. The number of hydrogen-bond donors (Lipinski definition) is 1. The molecule has 0 spiro atoms. The van der Waals surface area contributed by atoms with E-state index in [1.807, 2.05) is 0 Å². The highest BCUT2D eigenvalue weighted by Gasteiger charge is 2.52. The minimum absolute atomic E-state index is 0.0631. The lowest BCUT2D eigenvalue weighted by Gasteiger charge is -2.43. The van der Waals surface area contributed by atoms with Crippen LogP contribution in [0.2, 0.25) is 23.2 Å². The first-order valence-corrected chi connectivity index (χ1v) is 22.8. The van der Waals surface area contributed by atoms with E-state index in [4.69, 9.17) is 18.3 Å². The van der Waals surface area contributed by atoms with E-state index in [9.17, 15) is 5.11 Å². The van der Waals surface area contributed by atoms with Gasteiger partial charge in [-0.3, -0.25) is 0 Å². The summed E-state index contributed by atoms with van der Waals surface area (Å²) in [7, 11) is -1.48. The molecule has 1 N–H and O–H groups in total. The summed E-state index contributed by atoms with van der Waals surface area (Å²) in [5.74, 6) is 0.0821. The highest BCUT2D eigenvalue weighted by atomic mass is 28.4. The molecule has 0 radical (unpaired) electrons. The average Bonchev–Trinajstić information content (AvgIpc) is 3.33. The van der Waals surface area contributed by atoms with Crippen LogP contribution in [0.5, 0.6) is 0 Å². The predicted molar refractivity (Wildman–Crippen MR) is 207 cm³/mol. The van der Waals surface area contributed by atoms with Gasteiger partial charge in [-0.25, -0.2) is 0 Å². The zero-order valence-corrected chi connectivity index (χ0v) is 34.2. The highest BCUT2D eigenvalue weighted by molar-refractivity contribution is 6.99. The Morgan fingerprint density at radius 1 is 0.896 bits per heavy atom. The molecule has 3 rings (SSSR count). The molecular formula is C41H66O5Si2. The third-order valence-electron chi connectivity index (χ3n) is 11.1. The molecule has 268 valence electrons. The van der Waals surface area contributed by atoms with Crippen LogP contribution < -0.4 is 10.4 Å². The summed E-state index contributed by atoms with van der Waals surface area (Å²) in [6.45, 7) is 28.0. The van der Waals surface area contributed by atoms with Crippen molar-refractivity contribution in [3.05, 3.63) is 84.5 Å². The quantitative estimate of drug-likeness (QED) is 0.108. The van der Waals surface area contributed by atoms with E-state index in [2.05, 4.69) is 142 Å². The maximum atomic E-state index is 12.5. The van der Waals surface area contributed by atoms with Crippen molar-refractivity contribution in [3.8, 4) is 0 Å². The number of hydrogen-bond acceptors (Lipinski definition) is 5. The summed E-state index contributed by atoms with van der Waals surface area (Å²) < 4.78 is 25.4. The molecule has 1 saturated carbocycles. The summed E-state index contributed by atoms with van der Waals surface area (Å²) in [5, 5.41) is 15.1. The monoisotopic (exact) mass is 694 g/mol. The second-order valence-corrected chi connectivity index (χ2v) is 25.7. The molecule has 2 aromatic rings. The van der Waals surface area contributed by atoms with Crippen molar-refractivity contribution in [3.63, 3.8) is 0 Å². The predicted octanol–water partition coefficient (Wildman–Crippen LogP) is 9.02. The van der Waals surface area contributed by atoms with Gasteiger partial charge in [-0.2, -0.15) is 0 Å². The largest absolute Gasteiger partial charge is 0.413 e. The maximum Gasteiger partial charge on any atom is 0.261 e. The molecule has 5 nitrogen and oxygen atoms in total. The van der Waals surface area contributed by atoms with Crippen LogP contribution in [0.3, 0.4) is 0 Å². The highest BCUT2D eigenvalue weighted by Crippen LogP contribution is 2.48. The van der Waals surface area contributed by atoms with Gasteiger partial charge in [0.2, 0.25) is 0 Å². The second kappa shape index (κ2) is 16.4. The van der Waals surface area contributed by atoms with E-state index in [0.717, 1.165) is 18.4 Å². The minimum Gasteiger partial charge on any atom is -0.413 e. The molecule has 7 heteroatoms. The third-order valence-corrected chi connectivity index (χ3v) is 20.6. The van der Waals surface area contributed by atoms with Gasteiger partial charge in [0.25, 0.3) is 8.32 Å². The molecule has 3 atom stereocenters. The average molecular weight is 695 g/mol. The Balaban J connectivity index is 2.02. The third kappa shape index (κ3) is 9.08. The van der Waals surface area contributed by atoms with Crippen LogP contribution in [-0.4, -0.2) is 60.6 Å². The number of aliphatic hydroxyl groups is 1. The van der Waals surface area contributed by atoms with Gasteiger partial charge in [0.15, 0.2) is 14.6 Å². The molecule has 1 fully saturated rings. The Kier molecular flexibility index (Phi) is 13.9. The van der Waals surface area contributed by atoms with E-state index >= 15 is 0 Å². The molecule has 0 bridgehead atoms. The van der Waals surface area contributed by atoms with Gasteiger partial charge in [-0.05, 0) is 70.7 Å². The molecule has 1 aliphatic carbocycles. The van der Waals surface area contributed by atoms with Crippen LogP contribution in [0.1, 0.15) is 87.5 Å². The summed E-state index contributed by atoms with van der Waals surface area (Å²) >= 11 is 0. The van der Waals surface area contributed by atoms with Crippen LogP contribution in [-0.2, 0) is 18.3 Å². The molecule has 2 aromatic carbocycles.